The molecule has 13 rings (SSSR count). The molecular weight excluding hydrogens is 763 g/mol. The Bertz CT molecular complexity index is 4290. The fraction of sp³-hybridized carbons (Fsp3) is 0. The third-order valence-corrected chi connectivity index (χ3v) is 12.5. The molecule has 0 fully saturated rings. The molecule has 0 aliphatic rings. The molecule has 0 N–H and O–H groups in total. The van der Waals surface area contributed by atoms with E-state index in [-0.39, 0.29) is 57.6 Å². The van der Waals surface area contributed by atoms with Crippen LogP contribution in [0.1, 0.15) is 9.60 Å². The van der Waals surface area contributed by atoms with Crippen molar-refractivity contribution >= 4 is 65.4 Å². The zero-order valence-electron chi connectivity index (χ0n) is 40.8. The normalized spacial score (nSPS) is 13.4. The highest BCUT2D eigenvalue weighted by Gasteiger charge is 2.19. The highest BCUT2D eigenvalue weighted by molar-refractivity contribution is 6.14. The van der Waals surface area contributed by atoms with Gasteiger partial charge in [-0.3, -0.25) is 0 Å². The lowest BCUT2D eigenvalue weighted by Gasteiger charge is -2.11. The van der Waals surface area contributed by atoms with Crippen molar-refractivity contribution in [1.82, 2.24) is 13.7 Å². The Morgan fingerprint density at radius 1 is 0.254 bits per heavy atom. The van der Waals surface area contributed by atoms with Crippen molar-refractivity contribution < 1.29 is 9.60 Å². The number of hydrogen-bond donors (Lipinski definition) is 0. The van der Waals surface area contributed by atoms with Crippen molar-refractivity contribution in [3.05, 3.63) is 236 Å². The van der Waals surface area contributed by atoms with Crippen LogP contribution in [-0.4, -0.2) is 13.7 Å². The molecule has 0 atom stereocenters. The first kappa shape index (κ1) is 29.0. The summed E-state index contributed by atoms with van der Waals surface area (Å²) < 4.78 is 71.4. The zero-order valence-corrected chi connectivity index (χ0v) is 33.8. The smallest absolute Gasteiger partial charge is 0.0645 e. The maximum atomic E-state index is 9.97. The monoisotopic (exact) mass is 808 g/mol. The first-order chi connectivity index (χ1) is 34.2. The van der Waals surface area contributed by atoms with E-state index in [1.54, 1.807) is 4.57 Å². The Morgan fingerprint density at radius 3 is 1.56 bits per heavy atom. The van der Waals surface area contributed by atoms with E-state index in [1.807, 2.05) is 97.1 Å². The molecule has 0 radical (unpaired) electrons. The summed E-state index contributed by atoms with van der Waals surface area (Å²) in [6.45, 7) is 0. The van der Waals surface area contributed by atoms with Gasteiger partial charge < -0.3 is 13.7 Å². The minimum atomic E-state index is -0.426. The molecule has 63 heavy (non-hydrogen) atoms. The molecule has 0 amide bonds. The van der Waals surface area contributed by atoms with Crippen LogP contribution in [0.15, 0.2) is 236 Å². The van der Waals surface area contributed by atoms with Crippen LogP contribution in [0, 0.1) is 0 Å². The summed E-state index contributed by atoms with van der Waals surface area (Å²) in [5.74, 6) is 0. The van der Waals surface area contributed by atoms with E-state index in [4.69, 9.17) is 2.74 Å². The molecule has 0 aliphatic heterocycles. The maximum Gasteiger partial charge on any atom is 0.0645 e. The molecule has 0 aliphatic carbocycles. The summed E-state index contributed by atoms with van der Waals surface area (Å²) in [6.07, 6.45) is 0. The number of para-hydroxylation sites is 3. The molecule has 3 aromatic heterocycles. The molecule has 0 unspecified atom stereocenters. The number of fused-ring (bicyclic) bond motifs is 9. The second kappa shape index (κ2) is 14.1. The quantitative estimate of drug-likeness (QED) is 0.159. The maximum absolute atomic E-state index is 9.97. The van der Waals surface area contributed by atoms with Crippen LogP contribution < -0.4 is 0 Å². The second-order valence-corrected chi connectivity index (χ2v) is 16.0. The van der Waals surface area contributed by atoms with Gasteiger partial charge in [0.2, 0.25) is 0 Å². The van der Waals surface area contributed by atoms with Gasteiger partial charge in [-0.25, -0.2) is 0 Å². The van der Waals surface area contributed by atoms with Crippen LogP contribution in [0.2, 0.25) is 0 Å². The second-order valence-electron chi connectivity index (χ2n) is 16.0. The Hall–Kier alpha value is -8.40. The fourth-order valence-electron chi connectivity index (χ4n) is 9.57. The van der Waals surface area contributed by atoms with Gasteiger partial charge in [-0.05, 0) is 118 Å². The van der Waals surface area contributed by atoms with Gasteiger partial charge in [-0.2, -0.15) is 0 Å². The predicted octanol–water partition coefficient (Wildman–Crippen LogP) is 16.0. The van der Waals surface area contributed by atoms with E-state index in [0.29, 0.717) is 11.3 Å². The number of nitrogens with zero attached hydrogens (tertiary/aromatic N) is 3. The third kappa shape index (κ3) is 5.60. The van der Waals surface area contributed by atoms with Crippen LogP contribution >= 0.6 is 0 Å². The summed E-state index contributed by atoms with van der Waals surface area (Å²) in [5.41, 5.74) is 11.9. The summed E-state index contributed by atoms with van der Waals surface area (Å²) in [6, 6.07) is 63.9. The molecule has 13 aromatic rings. The summed E-state index contributed by atoms with van der Waals surface area (Å²) in [4.78, 5) is 0. The van der Waals surface area contributed by atoms with Gasteiger partial charge in [-0.15, -0.1) is 0 Å². The van der Waals surface area contributed by atoms with Crippen molar-refractivity contribution in [3.8, 4) is 50.4 Å². The predicted molar refractivity (Wildman–Crippen MR) is 266 cm³/mol. The summed E-state index contributed by atoms with van der Waals surface area (Å²) in [5, 5.41) is 4.46. The highest BCUT2D eigenvalue weighted by atomic mass is 15.0. The van der Waals surface area contributed by atoms with Gasteiger partial charge in [-0.1, -0.05) is 152 Å². The average Bonchev–Trinajstić information content (AvgIpc) is 4.06. The number of aromatic nitrogens is 3. The van der Waals surface area contributed by atoms with Crippen molar-refractivity contribution in [1.29, 1.82) is 0 Å². The number of rotatable bonds is 6. The van der Waals surface area contributed by atoms with Crippen LogP contribution in [0.5, 0.6) is 0 Å². The van der Waals surface area contributed by atoms with Crippen molar-refractivity contribution in [2.75, 3.05) is 0 Å². The number of hydrogen-bond acceptors (Lipinski definition) is 0. The van der Waals surface area contributed by atoms with E-state index < -0.39 is 12.1 Å². The van der Waals surface area contributed by atoms with Gasteiger partial charge in [0, 0.05) is 49.4 Å². The molecule has 0 bridgehead atoms. The Balaban J connectivity index is 1.05. The molecule has 0 spiro atoms. The minimum Gasteiger partial charge on any atom is -0.309 e. The van der Waals surface area contributed by atoms with E-state index in [9.17, 15) is 6.85 Å². The lowest BCUT2D eigenvalue weighted by atomic mass is 9.99. The SMILES string of the molecule is [2H]c1c([2H])c([2H])c2c(c1[2H])c1c([2H])c(-c3ccc4c(c3)c3ccc(-c5ccccc5)cc3n4-c3ccc4c(c3)c3ccccc3n4-c3ccccc3)c([2H])c([2H])c1n2-c1ccc(-c2ccccc2)cc1. The molecule has 3 nitrogen and oxygen atoms in total. The minimum absolute atomic E-state index is 0.0830. The van der Waals surface area contributed by atoms with Gasteiger partial charge in [0.1, 0.15) is 0 Å². The van der Waals surface area contributed by atoms with Crippen LogP contribution in [0.4, 0.5) is 0 Å². The molecule has 0 saturated heterocycles. The zero-order chi connectivity index (χ0) is 47.5. The topological polar surface area (TPSA) is 14.8 Å². The van der Waals surface area contributed by atoms with Gasteiger partial charge in [0.15, 0.2) is 0 Å². The Labute approximate surface area is 374 Å². The molecule has 3 heteroatoms. The lowest BCUT2D eigenvalue weighted by Crippen LogP contribution is -1.96. The summed E-state index contributed by atoms with van der Waals surface area (Å²) in [7, 11) is 0. The lowest BCUT2D eigenvalue weighted by molar-refractivity contribution is 1.17. The van der Waals surface area contributed by atoms with Crippen molar-refractivity contribution in [3.63, 3.8) is 0 Å². The highest BCUT2D eigenvalue weighted by Crippen LogP contribution is 2.41. The standard InChI is InChI=1S/C60H39N3/c1-4-14-40(15-5-1)42-24-29-47(30-25-42)62-55-22-12-10-20-49(55)52-36-43(27-33-57(52)62)44-28-34-58-53(37-44)51-32-26-45(41-16-6-2-7-17-41)38-60(51)63(58)48-31-35-59-54(39-48)50-21-11-13-23-56(50)61(59)46-18-8-3-9-19-46/h1-39H/i10D,12D,20D,22D,27D,33D,36D. The largest absolute Gasteiger partial charge is 0.309 e. The van der Waals surface area contributed by atoms with E-state index >= 15 is 0 Å². The van der Waals surface area contributed by atoms with Gasteiger partial charge in [0.05, 0.1) is 42.7 Å². The van der Waals surface area contributed by atoms with Crippen LogP contribution in [0.3, 0.4) is 0 Å². The first-order valence-corrected chi connectivity index (χ1v) is 21.1. The summed E-state index contributed by atoms with van der Waals surface area (Å²) >= 11 is 0. The fourth-order valence-corrected chi connectivity index (χ4v) is 9.57. The molecule has 3 heterocycles. The van der Waals surface area contributed by atoms with E-state index in [1.165, 1.54) is 0 Å². The third-order valence-electron chi connectivity index (χ3n) is 12.5. The average molecular weight is 809 g/mol. The number of benzene rings is 10. The van der Waals surface area contributed by atoms with E-state index in [0.717, 1.165) is 77.2 Å². The molecule has 0 saturated carbocycles. The van der Waals surface area contributed by atoms with Crippen LogP contribution in [0.25, 0.3) is 116 Å². The first-order valence-electron chi connectivity index (χ1n) is 24.6. The molecular formula is C60H39N3. The van der Waals surface area contributed by atoms with Gasteiger partial charge in [0.25, 0.3) is 0 Å². The Morgan fingerprint density at radius 2 is 0.762 bits per heavy atom. The Kier molecular flexibility index (Phi) is 6.48. The molecule has 10 aromatic carbocycles. The van der Waals surface area contributed by atoms with Gasteiger partial charge >= 0.3 is 0 Å². The van der Waals surface area contributed by atoms with Crippen molar-refractivity contribution in [2.24, 2.45) is 0 Å². The van der Waals surface area contributed by atoms with Crippen molar-refractivity contribution in [2.45, 2.75) is 0 Å². The van der Waals surface area contributed by atoms with E-state index in [2.05, 4.69) is 106 Å². The molecule has 294 valence electrons. The van der Waals surface area contributed by atoms with Crippen LogP contribution in [-0.2, 0) is 0 Å².